The van der Waals surface area contributed by atoms with Crippen LogP contribution in [0.3, 0.4) is 0 Å². The van der Waals surface area contributed by atoms with Crippen LogP contribution in [0.2, 0.25) is 0 Å². The fraction of sp³-hybridized carbons (Fsp3) is 0.667. The molecule has 1 aromatic carbocycles. The monoisotopic (exact) mass is 957 g/mol. The summed E-state index contributed by atoms with van der Waals surface area (Å²) in [7, 11) is 1.58. The predicted molar refractivity (Wildman–Crippen MR) is 254 cm³/mol. The van der Waals surface area contributed by atoms with Crippen LogP contribution in [0.15, 0.2) is 55.0 Å². The number of ketones is 1. The number of carbonyl (C=O) groups excluding carboxylic acids is 3. The number of fused-ring (bicyclic) bond motifs is 1. The number of hydrogen-bond acceptors (Lipinski definition) is 16. The van der Waals surface area contributed by atoms with Crippen molar-refractivity contribution in [2.24, 2.45) is 17.8 Å². The van der Waals surface area contributed by atoms with E-state index in [-0.39, 0.29) is 36.3 Å². The number of cyclic esters (lactones) is 1. The van der Waals surface area contributed by atoms with Gasteiger partial charge in [-0.3, -0.25) is 24.2 Å². The van der Waals surface area contributed by atoms with Crippen LogP contribution < -0.4 is 16.4 Å². The zero-order valence-corrected chi connectivity index (χ0v) is 41.5. The van der Waals surface area contributed by atoms with E-state index in [0.717, 1.165) is 16.8 Å². The number of nitrogens with one attached hydrogen (secondary N) is 2. The first-order valence-electron chi connectivity index (χ1n) is 23.4. The summed E-state index contributed by atoms with van der Waals surface area (Å²) in [5.74, 6) is -3.27. The maximum atomic E-state index is 14.5. The van der Waals surface area contributed by atoms with Crippen LogP contribution >= 0.6 is 12.1 Å². The van der Waals surface area contributed by atoms with Gasteiger partial charge in [-0.05, 0) is 103 Å². The number of hydrogen-bond donors (Lipinski definition) is 4. The van der Waals surface area contributed by atoms with Crippen LogP contribution in [0.1, 0.15) is 93.1 Å². The molecule has 3 fully saturated rings. The molecule has 3 aliphatic heterocycles. The van der Waals surface area contributed by atoms with Gasteiger partial charge in [0.05, 0.1) is 30.0 Å². The van der Waals surface area contributed by atoms with Gasteiger partial charge in [-0.2, -0.15) is 3.89 Å². The van der Waals surface area contributed by atoms with E-state index in [1.807, 2.05) is 77.2 Å². The van der Waals surface area contributed by atoms with Crippen LogP contribution in [0.5, 0.6) is 0 Å². The molecule has 5 heterocycles. The smallest absolute Gasteiger partial charge is 0.410 e. The lowest BCUT2D eigenvalue weighted by atomic mass is 9.78. The van der Waals surface area contributed by atoms with Crippen LogP contribution in [0, 0.1) is 17.8 Å². The first-order valence-corrected chi connectivity index (χ1v) is 24.6. The second kappa shape index (κ2) is 24.4. The molecule has 3 unspecified atom stereocenters. The van der Waals surface area contributed by atoms with Crippen molar-refractivity contribution >= 4 is 35.7 Å². The number of benzene rings is 1. The number of halogens is 1. The number of aliphatic hydroxyl groups is 1. The first-order chi connectivity index (χ1) is 31.9. The minimum atomic E-state index is -1.25. The fourth-order valence-corrected chi connectivity index (χ4v) is 9.92. The molecule has 0 spiro atoms. The molecule has 5 N–H and O–H groups in total. The number of anilines is 1. The topological polar surface area (TPSA) is 215 Å². The number of carbonyl (C=O) groups is 3. The van der Waals surface area contributed by atoms with Gasteiger partial charge in [-0.15, -0.1) is 5.10 Å². The standard InChI is InChI=1S/C47H70N8O9.CH3FS/c1-10-38-47(8)41(55(45(59)64-47)20-12-11-19-54-27-37(52-53-54)34-16-13-17-35(48)22-34)32(6)50-24-28(2)23-46(7,60-9)42(30(4)39(56)31(5)43(58)62-38)63-44-40(57)36(21-29(3)61-44)51-26-33-15-14-18-49-25-33;1-3-2/h13-18,22,25,27-32,36,38,40-42,44,50-51,57H,10-12,19-21,23-24,26,48H2,1-9H3;1H3/t28-,29?,30+,31-,32-,36?,38-,40?,41-,42-,44+,46-,47-;/m1./s1. The molecule has 67 heavy (non-hydrogen) atoms. The number of amides is 1. The molecule has 13 atom stereocenters. The number of nitrogens with two attached hydrogens (primary N) is 1. The predicted octanol–water partition coefficient (Wildman–Crippen LogP) is 6.14. The Morgan fingerprint density at radius 2 is 1.82 bits per heavy atom. The van der Waals surface area contributed by atoms with Crippen molar-refractivity contribution in [2.75, 3.05) is 32.2 Å². The number of aromatic nitrogens is 4. The summed E-state index contributed by atoms with van der Waals surface area (Å²) >= 11 is 0.250. The molecule has 2 aromatic heterocycles. The third-order valence-electron chi connectivity index (χ3n) is 13.5. The van der Waals surface area contributed by atoms with Crippen molar-refractivity contribution < 1.29 is 47.1 Å². The Kier molecular flexibility index (Phi) is 19.5. The number of ether oxygens (including phenoxy) is 5. The number of aryl methyl sites for hydroxylation is 1. The van der Waals surface area contributed by atoms with Gasteiger partial charge in [0.15, 0.2) is 17.7 Å². The Bertz CT molecular complexity index is 2060. The van der Waals surface area contributed by atoms with E-state index < -0.39 is 71.5 Å². The maximum Gasteiger partial charge on any atom is 0.410 e. The molecule has 19 heteroatoms. The van der Waals surface area contributed by atoms with E-state index in [0.29, 0.717) is 64.0 Å². The summed E-state index contributed by atoms with van der Waals surface area (Å²) in [6.07, 6.45) is 4.64. The largest absolute Gasteiger partial charge is 0.458 e. The van der Waals surface area contributed by atoms with Gasteiger partial charge < -0.3 is 45.2 Å². The number of pyridine rings is 1. The zero-order valence-electron chi connectivity index (χ0n) is 40.7. The highest BCUT2D eigenvalue weighted by molar-refractivity contribution is 7.93. The number of unbranched alkanes of at least 4 members (excludes halogenated alkanes) is 1. The van der Waals surface area contributed by atoms with E-state index >= 15 is 0 Å². The van der Waals surface area contributed by atoms with Gasteiger partial charge in [0, 0.05) is 86.8 Å². The number of nitrogens with zero attached hydrogens (tertiary/aromatic N) is 5. The average molecular weight is 957 g/mol. The molecule has 6 rings (SSSR count). The molecule has 0 bridgehead atoms. The minimum Gasteiger partial charge on any atom is -0.458 e. The average Bonchev–Trinajstić information content (AvgIpc) is 3.89. The Hall–Kier alpha value is -4.24. The summed E-state index contributed by atoms with van der Waals surface area (Å²) in [5, 5.41) is 27.5. The van der Waals surface area contributed by atoms with Crippen molar-refractivity contribution in [2.45, 2.75) is 161 Å². The molecule has 3 aromatic rings. The van der Waals surface area contributed by atoms with E-state index in [1.165, 1.54) is 13.2 Å². The number of nitrogen functional groups attached to an aromatic ring is 1. The lowest BCUT2D eigenvalue weighted by Gasteiger charge is -2.46. The van der Waals surface area contributed by atoms with Gasteiger partial charge in [0.2, 0.25) is 0 Å². The van der Waals surface area contributed by atoms with Crippen molar-refractivity contribution in [3.05, 3.63) is 60.6 Å². The van der Waals surface area contributed by atoms with Crippen molar-refractivity contribution in [1.82, 2.24) is 35.5 Å². The number of Topliss-reactive ketones (excluding diaryl/α,β-unsaturated/α-hetero) is 1. The van der Waals surface area contributed by atoms with E-state index in [4.69, 9.17) is 29.4 Å². The number of methoxy groups -OCH3 is 1. The highest BCUT2D eigenvalue weighted by atomic mass is 32.2. The summed E-state index contributed by atoms with van der Waals surface area (Å²) < 4.78 is 43.7. The van der Waals surface area contributed by atoms with E-state index in [1.54, 1.807) is 36.0 Å². The molecule has 0 radical (unpaired) electrons. The van der Waals surface area contributed by atoms with Crippen LogP contribution in [0.25, 0.3) is 11.3 Å². The summed E-state index contributed by atoms with van der Waals surface area (Å²) in [6.45, 7) is 16.8. The van der Waals surface area contributed by atoms with Gasteiger partial charge in [0.1, 0.15) is 23.8 Å². The van der Waals surface area contributed by atoms with Gasteiger partial charge in [0.25, 0.3) is 0 Å². The second-order valence-corrected chi connectivity index (χ2v) is 19.1. The molecular weight excluding hydrogens is 884 g/mol. The van der Waals surface area contributed by atoms with Gasteiger partial charge in [-0.1, -0.05) is 44.2 Å². The Morgan fingerprint density at radius 1 is 1.09 bits per heavy atom. The minimum absolute atomic E-state index is 0.0362. The number of rotatable bonds is 13. The normalized spacial score (nSPS) is 33.1. The molecule has 1 amide bonds. The van der Waals surface area contributed by atoms with Crippen molar-refractivity contribution in [1.29, 1.82) is 0 Å². The molecule has 3 saturated heterocycles. The molecule has 3 aliphatic rings. The highest BCUT2D eigenvalue weighted by Gasteiger charge is 2.58. The number of esters is 1. The van der Waals surface area contributed by atoms with Crippen LogP contribution in [0.4, 0.5) is 14.4 Å². The molecule has 0 aliphatic carbocycles. The highest BCUT2D eigenvalue weighted by Crippen LogP contribution is 2.40. The van der Waals surface area contributed by atoms with Crippen LogP contribution in [-0.4, -0.2) is 134 Å². The van der Waals surface area contributed by atoms with Crippen molar-refractivity contribution in [3.8, 4) is 11.3 Å². The Labute approximate surface area is 399 Å². The van der Waals surface area contributed by atoms with Crippen molar-refractivity contribution in [3.63, 3.8) is 0 Å². The molecule has 0 saturated carbocycles. The Morgan fingerprint density at radius 3 is 2.49 bits per heavy atom. The SMILES string of the molecule is CC[C@H]1OC(=O)[C@H](C)C(=O)[C@H](C)[C@@H](O[C@@H]2OC(C)CC(NCc3cccnc3)C2O)[C@](C)(OC)C[C@@H](C)CN[C@H](C)[C@H]2N(CCCCn3cc(-c4cccc(N)c4)nn3)C(=O)O[C@]12C.CSF. The number of aliphatic hydroxyl groups excluding tert-OH is 1. The quantitative estimate of drug-likeness (QED) is 0.0655. The third-order valence-corrected chi connectivity index (χ3v) is 13.5. The molecule has 372 valence electrons. The second-order valence-electron chi connectivity index (χ2n) is 18.8. The maximum absolute atomic E-state index is 14.5. The summed E-state index contributed by atoms with van der Waals surface area (Å²) in [4.78, 5) is 48.5. The zero-order chi connectivity index (χ0) is 49.1. The lowest BCUT2D eigenvalue weighted by Crippen LogP contribution is -2.61. The molecular formula is C48H73FN8O9S. The van der Waals surface area contributed by atoms with Gasteiger partial charge in [-0.25, -0.2) is 4.79 Å². The first kappa shape index (κ1) is 53.7. The van der Waals surface area contributed by atoms with Gasteiger partial charge >= 0.3 is 12.1 Å². The lowest BCUT2D eigenvalue weighted by molar-refractivity contribution is -0.290. The summed E-state index contributed by atoms with van der Waals surface area (Å²) in [5.41, 5.74) is 6.87. The molecule has 17 nitrogen and oxygen atoms in total. The summed E-state index contributed by atoms with van der Waals surface area (Å²) in [6, 6.07) is 10.1. The Balaban J connectivity index is 0.00000273. The van der Waals surface area contributed by atoms with Crippen LogP contribution in [-0.2, 0) is 46.4 Å². The third kappa shape index (κ3) is 13.3. The van der Waals surface area contributed by atoms with E-state index in [9.17, 15) is 23.4 Å². The van der Waals surface area contributed by atoms with E-state index in [2.05, 4.69) is 32.9 Å². The fourth-order valence-electron chi connectivity index (χ4n) is 9.92.